The molecule has 0 bridgehead atoms. The van der Waals surface area contributed by atoms with Gasteiger partial charge in [-0.05, 0) is 70.3 Å². The molecule has 1 aromatic heterocycles. The lowest BCUT2D eigenvalue weighted by Gasteiger charge is -2.34. The number of allylic oxidation sites excluding steroid dienone is 1. The van der Waals surface area contributed by atoms with E-state index in [1.807, 2.05) is 57.2 Å². The molecule has 1 fully saturated rings. The minimum atomic E-state index is -0.540. The number of anilines is 1. The van der Waals surface area contributed by atoms with Crippen molar-refractivity contribution in [3.8, 4) is 0 Å². The fourth-order valence-electron chi connectivity index (χ4n) is 3.32. The average Bonchev–Trinajstić information content (AvgIpc) is 2.76. The third-order valence-corrected chi connectivity index (χ3v) is 4.99. The standard InChI is InChI=1S/C26H31N3O3/c1-26(2,3)32-25(31)14-12-22-9-6-8-21(27-22)11-13-24(30)20-7-5-10-23(19-20)29-17-15-28(4)16-18-29/h5-14,19H,15-18H2,1-4H3/b13-11+,14-12+. The summed E-state index contributed by atoms with van der Waals surface area (Å²) in [7, 11) is 2.12. The summed E-state index contributed by atoms with van der Waals surface area (Å²) in [6, 6.07) is 13.2. The van der Waals surface area contributed by atoms with Gasteiger partial charge < -0.3 is 14.5 Å². The number of carbonyl (C=O) groups excluding carboxylic acids is 2. The van der Waals surface area contributed by atoms with Gasteiger partial charge in [-0.3, -0.25) is 4.79 Å². The number of ketones is 1. The number of ether oxygens (including phenoxy) is 1. The number of nitrogens with zero attached hydrogens (tertiary/aromatic N) is 3. The molecule has 1 aliphatic heterocycles. The Bertz CT molecular complexity index is 1010. The Balaban J connectivity index is 1.65. The highest BCUT2D eigenvalue weighted by Gasteiger charge is 2.15. The van der Waals surface area contributed by atoms with Crippen LogP contribution in [0.3, 0.4) is 0 Å². The van der Waals surface area contributed by atoms with Crippen LogP contribution in [-0.4, -0.2) is 60.5 Å². The molecule has 0 N–H and O–H groups in total. The van der Waals surface area contributed by atoms with E-state index in [1.165, 1.54) is 12.2 Å². The van der Waals surface area contributed by atoms with E-state index in [0.29, 0.717) is 17.0 Å². The van der Waals surface area contributed by atoms with Gasteiger partial charge in [0.25, 0.3) is 0 Å². The van der Waals surface area contributed by atoms with Gasteiger partial charge in [-0.15, -0.1) is 0 Å². The van der Waals surface area contributed by atoms with E-state index in [9.17, 15) is 9.59 Å². The van der Waals surface area contributed by atoms with E-state index in [-0.39, 0.29) is 5.78 Å². The Hall–Kier alpha value is -3.25. The Morgan fingerprint density at radius 3 is 2.22 bits per heavy atom. The highest BCUT2D eigenvalue weighted by Crippen LogP contribution is 2.19. The van der Waals surface area contributed by atoms with Crippen LogP contribution in [0.1, 0.15) is 42.5 Å². The molecule has 0 saturated carbocycles. The van der Waals surface area contributed by atoms with Crippen LogP contribution >= 0.6 is 0 Å². The first kappa shape index (κ1) is 23.4. The monoisotopic (exact) mass is 433 g/mol. The van der Waals surface area contributed by atoms with Gasteiger partial charge in [-0.1, -0.05) is 18.2 Å². The van der Waals surface area contributed by atoms with Crippen LogP contribution in [-0.2, 0) is 9.53 Å². The summed E-state index contributed by atoms with van der Waals surface area (Å²) in [5.74, 6) is -0.492. The Morgan fingerprint density at radius 1 is 0.938 bits per heavy atom. The Morgan fingerprint density at radius 2 is 1.56 bits per heavy atom. The largest absolute Gasteiger partial charge is 0.457 e. The maximum absolute atomic E-state index is 12.7. The van der Waals surface area contributed by atoms with Crippen LogP contribution in [0.5, 0.6) is 0 Å². The van der Waals surface area contributed by atoms with Gasteiger partial charge in [0.15, 0.2) is 5.78 Å². The second kappa shape index (κ2) is 10.4. The van der Waals surface area contributed by atoms with Crippen molar-refractivity contribution in [3.05, 3.63) is 71.6 Å². The molecule has 6 nitrogen and oxygen atoms in total. The third-order valence-electron chi connectivity index (χ3n) is 4.99. The van der Waals surface area contributed by atoms with Crippen LogP contribution in [0.4, 0.5) is 5.69 Å². The smallest absolute Gasteiger partial charge is 0.331 e. The van der Waals surface area contributed by atoms with Crippen molar-refractivity contribution in [2.24, 2.45) is 0 Å². The highest BCUT2D eigenvalue weighted by molar-refractivity contribution is 6.07. The van der Waals surface area contributed by atoms with Gasteiger partial charge in [0, 0.05) is 43.5 Å². The van der Waals surface area contributed by atoms with E-state index >= 15 is 0 Å². The molecule has 1 aromatic carbocycles. The lowest BCUT2D eigenvalue weighted by molar-refractivity contribution is -0.148. The Kier molecular flexibility index (Phi) is 7.59. The summed E-state index contributed by atoms with van der Waals surface area (Å²) < 4.78 is 5.26. The van der Waals surface area contributed by atoms with Crippen LogP contribution in [0.15, 0.2) is 54.6 Å². The van der Waals surface area contributed by atoms with Crippen molar-refractivity contribution >= 4 is 29.6 Å². The van der Waals surface area contributed by atoms with Crippen LogP contribution < -0.4 is 4.90 Å². The molecule has 2 aromatic rings. The minimum absolute atomic E-state index is 0.0718. The maximum Gasteiger partial charge on any atom is 0.331 e. The number of rotatable bonds is 6. The van der Waals surface area contributed by atoms with Gasteiger partial charge in [0.1, 0.15) is 5.60 Å². The fraction of sp³-hybridized carbons (Fsp3) is 0.346. The number of aromatic nitrogens is 1. The highest BCUT2D eigenvalue weighted by atomic mass is 16.6. The van der Waals surface area contributed by atoms with E-state index < -0.39 is 11.6 Å². The van der Waals surface area contributed by atoms with Gasteiger partial charge >= 0.3 is 5.97 Å². The molecule has 3 rings (SSSR count). The van der Waals surface area contributed by atoms with Gasteiger partial charge in [0.05, 0.1) is 11.4 Å². The normalized spacial score (nSPS) is 15.4. The maximum atomic E-state index is 12.7. The molecule has 6 heteroatoms. The quantitative estimate of drug-likeness (QED) is 0.389. The van der Waals surface area contributed by atoms with Gasteiger partial charge in [-0.2, -0.15) is 0 Å². The topological polar surface area (TPSA) is 62.7 Å². The lowest BCUT2D eigenvalue weighted by atomic mass is 10.1. The second-order valence-corrected chi connectivity index (χ2v) is 8.89. The summed E-state index contributed by atoms with van der Waals surface area (Å²) >= 11 is 0. The predicted octanol–water partition coefficient (Wildman–Crippen LogP) is 4.08. The third kappa shape index (κ3) is 7.17. The van der Waals surface area contributed by atoms with Crippen molar-refractivity contribution in [2.75, 3.05) is 38.1 Å². The molecule has 32 heavy (non-hydrogen) atoms. The molecular weight excluding hydrogens is 402 g/mol. The summed E-state index contributed by atoms with van der Waals surface area (Å²) in [4.78, 5) is 33.6. The Labute approximate surface area is 190 Å². The second-order valence-electron chi connectivity index (χ2n) is 8.89. The molecule has 0 spiro atoms. The minimum Gasteiger partial charge on any atom is -0.457 e. The molecule has 168 valence electrons. The number of likely N-dealkylation sites (N-methyl/N-ethyl adjacent to an activating group) is 1. The summed E-state index contributed by atoms with van der Waals surface area (Å²) in [6.45, 7) is 9.40. The SMILES string of the molecule is CN1CCN(c2cccc(C(=O)/C=C/c3cccc(/C=C/C(=O)OC(C)(C)C)n3)c2)CC1. The van der Waals surface area contributed by atoms with Crippen molar-refractivity contribution in [1.82, 2.24) is 9.88 Å². The number of esters is 1. The first-order valence-corrected chi connectivity index (χ1v) is 10.8. The molecular formula is C26H31N3O3. The molecule has 0 unspecified atom stereocenters. The number of hydrogen-bond acceptors (Lipinski definition) is 6. The van der Waals surface area contributed by atoms with Crippen molar-refractivity contribution in [1.29, 1.82) is 0 Å². The van der Waals surface area contributed by atoms with E-state index in [0.717, 1.165) is 31.9 Å². The summed E-state index contributed by atoms with van der Waals surface area (Å²) in [5, 5.41) is 0. The summed E-state index contributed by atoms with van der Waals surface area (Å²) in [6.07, 6.45) is 6.19. The number of benzene rings is 1. The molecule has 0 aliphatic carbocycles. The average molecular weight is 434 g/mol. The van der Waals surface area contributed by atoms with E-state index in [4.69, 9.17) is 4.74 Å². The summed E-state index contributed by atoms with van der Waals surface area (Å²) in [5.41, 5.74) is 2.44. The molecule has 0 amide bonds. The molecule has 0 atom stereocenters. The van der Waals surface area contributed by atoms with E-state index in [1.54, 1.807) is 18.2 Å². The van der Waals surface area contributed by atoms with Crippen molar-refractivity contribution in [2.45, 2.75) is 26.4 Å². The number of carbonyl (C=O) groups is 2. The van der Waals surface area contributed by atoms with Crippen LogP contribution in [0, 0.1) is 0 Å². The predicted molar refractivity (Wildman–Crippen MR) is 129 cm³/mol. The molecule has 2 heterocycles. The fourth-order valence-corrected chi connectivity index (χ4v) is 3.32. The van der Waals surface area contributed by atoms with Crippen LogP contribution in [0.2, 0.25) is 0 Å². The first-order chi connectivity index (χ1) is 15.2. The number of hydrogen-bond donors (Lipinski definition) is 0. The zero-order chi connectivity index (χ0) is 23.1. The zero-order valence-corrected chi connectivity index (χ0v) is 19.2. The van der Waals surface area contributed by atoms with Crippen molar-refractivity contribution in [3.63, 3.8) is 0 Å². The number of piperazine rings is 1. The van der Waals surface area contributed by atoms with Gasteiger partial charge in [-0.25, -0.2) is 9.78 Å². The zero-order valence-electron chi connectivity index (χ0n) is 19.2. The number of pyridine rings is 1. The molecule has 1 saturated heterocycles. The van der Waals surface area contributed by atoms with E-state index in [2.05, 4.69) is 21.8 Å². The molecule has 0 radical (unpaired) electrons. The van der Waals surface area contributed by atoms with Crippen LogP contribution in [0.25, 0.3) is 12.2 Å². The van der Waals surface area contributed by atoms with Crippen molar-refractivity contribution < 1.29 is 14.3 Å². The van der Waals surface area contributed by atoms with Gasteiger partial charge in [0.2, 0.25) is 0 Å². The molecule has 1 aliphatic rings. The first-order valence-electron chi connectivity index (χ1n) is 10.8. The lowest BCUT2D eigenvalue weighted by Crippen LogP contribution is -2.44.